The summed E-state index contributed by atoms with van der Waals surface area (Å²) in [7, 11) is 0. The molecule has 0 atom stereocenters. The van der Waals surface area contributed by atoms with Crippen LogP contribution >= 0.6 is 11.6 Å². The number of rotatable bonds is 1. The van der Waals surface area contributed by atoms with Crippen molar-refractivity contribution in [1.82, 2.24) is 10.3 Å². The van der Waals surface area contributed by atoms with Gasteiger partial charge in [0.15, 0.2) is 5.82 Å². The van der Waals surface area contributed by atoms with Gasteiger partial charge < -0.3 is 0 Å². The first-order valence-corrected chi connectivity index (χ1v) is 2.41. The molecule has 0 radical (unpaired) electrons. The van der Waals surface area contributed by atoms with Crippen LogP contribution in [0.5, 0.6) is 0 Å². The number of carbonyl (C=O) groups excluding carboxylic acids is 1. The second-order valence-electron chi connectivity index (χ2n) is 1.19. The first-order valence-electron chi connectivity index (χ1n) is 2.03. The van der Waals surface area contributed by atoms with Crippen LogP contribution in [0.25, 0.3) is 0 Å². The normalized spacial score (nSPS) is 9.00. The van der Waals surface area contributed by atoms with E-state index in [9.17, 15) is 4.79 Å². The first-order chi connectivity index (χ1) is 4.29. The van der Waals surface area contributed by atoms with E-state index in [0.717, 1.165) is 0 Å². The third-order valence-corrected chi connectivity index (χ3v) is 0.682. The molecule has 0 saturated carbocycles. The van der Waals surface area contributed by atoms with Crippen LogP contribution in [0.3, 0.4) is 0 Å². The van der Waals surface area contributed by atoms with E-state index >= 15 is 0 Å². The molecule has 48 valence electrons. The van der Waals surface area contributed by atoms with E-state index in [2.05, 4.69) is 20.3 Å². The van der Waals surface area contributed by atoms with Gasteiger partial charge in [-0.2, -0.15) is 0 Å². The molecule has 0 aromatic carbocycles. The standard InChI is InChI=1S/C3H2ClN3O2/c4-3(8)6-2-1-5-9-7-2/h1H,(H,6,7,8). The number of hydrogen-bond acceptors (Lipinski definition) is 4. The van der Waals surface area contributed by atoms with Gasteiger partial charge in [0.1, 0.15) is 6.20 Å². The van der Waals surface area contributed by atoms with Crippen molar-refractivity contribution in [3.63, 3.8) is 0 Å². The SMILES string of the molecule is O=C(Cl)Nc1cnon1. The number of amides is 1. The minimum Gasteiger partial charge on any atom is -0.293 e. The number of halogens is 1. The lowest BCUT2D eigenvalue weighted by Gasteiger charge is -1.86. The molecule has 6 heteroatoms. The molecule has 1 heterocycles. The summed E-state index contributed by atoms with van der Waals surface area (Å²) in [4.78, 5) is 10.1. The van der Waals surface area contributed by atoms with E-state index in [4.69, 9.17) is 11.6 Å². The predicted molar refractivity (Wildman–Crippen MR) is 29.2 cm³/mol. The fraction of sp³-hybridized carbons (Fsp3) is 0. The van der Waals surface area contributed by atoms with E-state index < -0.39 is 5.37 Å². The van der Waals surface area contributed by atoms with Crippen LogP contribution in [0.1, 0.15) is 0 Å². The highest BCUT2D eigenvalue weighted by molar-refractivity contribution is 6.65. The van der Waals surface area contributed by atoms with Gasteiger partial charge in [0.2, 0.25) is 0 Å². The van der Waals surface area contributed by atoms with Crippen LogP contribution < -0.4 is 5.32 Å². The smallest absolute Gasteiger partial charge is 0.293 e. The van der Waals surface area contributed by atoms with E-state index in [0.29, 0.717) is 0 Å². The molecule has 9 heavy (non-hydrogen) atoms. The molecule has 5 nitrogen and oxygen atoms in total. The number of aromatic nitrogens is 2. The van der Waals surface area contributed by atoms with Gasteiger partial charge in [-0.3, -0.25) is 10.1 Å². The Labute approximate surface area is 54.9 Å². The predicted octanol–water partition coefficient (Wildman–Crippen LogP) is 0.840. The average molecular weight is 148 g/mol. The van der Waals surface area contributed by atoms with Crippen molar-refractivity contribution in [2.75, 3.05) is 5.32 Å². The van der Waals surface area contributed by atoms with Gasteiger partial charge in [0.25, 0.3) is 0 Å². The maximum Gasteiger partial charge on any atom is 0.319 e. The van der Waals surface area contributed by atoms with Gasteiger partial charge in [0, 0.05) is 0 Å². The lowest BCUT2D eigenvalue weighted by Crippen LogP contribution is -2.00. The molecule has 0 saturated heterocycles. The zero-order valence-corrected chi connectivity index (χ0v) is 4.92. The third kappa shape index (κ3) is 1.69. The second-order valence-corrected chi connectivity index (χ2v) is 1.53. The number of carbonyl (C=O) groups is 1. The van der Waals surface area contributed by atoms with Crippen molar-refractivity contribution >= 4 is 22.8 Å². The van der Waals surface area contributed by atoms with Crippen LogP contribution in [0.4, 0.5) is 10.6 Å². The summed E-state index contributed by atoms with van der Waals surface area (Å²) in [6.45, 7) is 0. The molecular weight excluding hydrogens is 146 g/mol. The molecule has 0 aliphatic heterocycles. The lowest BCUT2D eigenvalue weighted by atomic mass is 10.8. The number of anilines is 1. The molecule has 1 aromatic heterocycles. The summed E-state index contributed by atoms with van der Waals surface area (Å²) < 4.78 is 4.14. The Kier molecular flexibility index (Phi) is 1.64. The summed E-state index contributed by atoms with van der Waals surface area (Å²) >= 11 is 4.91. The summed E-state index contributed by atoms with van der Waals surface area (Å²) in [6.07, 6.45) is 1.24. The van der Waals surface area contributed by atoms with Crippen LogP contribution in [0.15, 0.2) is 10.8 Å². The first kappa shape index (κ1) is 6.03. The quantitative estimate of drug-likeness (QED) is 0.472. The van der Waals surface area contributed by atoms with Gasteiger partial charge in [-0.1, -0.05) is 5.16 Å². The Morgan fingerprint density at radius 2 is 2.67 bits per heavy atom. The maximum atomic E-state index is 10.1. The Balaban J connectivity index is 2.58. The van der Waals surface area contributed by atoms with Gasteiger partial charge in [-0.05, 0) is 16.8 Å². The topological polar surface area (TPSA) is 68.0 Å². The molecule has 0 aliphatic carbocycles. The lowest BCUT2D eigenvalue weighted by molar-refractivity contribution is 0.268. The molecule has 0 spiro atoms. The highest BCUT2D eigenvalue weighted by Gasteiger charge is 1.98. The molecule has 0 aliphatic rings. The Bertz CT molecular complexity index is 197. The Morgan fingerprint density at radius 3 is 3.11 bits per heavy atom. The zero-order valence-electron chi connectivity index (χ0n) is 4.17. The number of nitrogens with one attached hydrogen (secondary N) is 1. The van der Waals surface area contributed by atoms with Gasteiger partial charge in [-0.15, -0.1) is 0 Å². The van der Waals surface area contributed by atoms with Crippen LogP contribution in [0, 0.1) is 0 Å². The Hall–Kier alpha value is -1.10. The van der Waals surface area contributed by atoms with Crippen LogP contribution in [-0.4, -0.2) is 15.7 Å². The summed E-state index contributed by atoms with van der Waals surface area (Å²) in [6, 6.07) is 0. The minimum atomic E-state index is -0.717. The second kappa shape index (κ2) is 2.45. The molecule has 1 aromatic rings. The molecule has 1 rings (SSSR count). The van der Waals surface area contributed by atoms with Gasteiger partial charge in [-0.25, -0.2) is 4.63 Å². The maximum absolute atomic E-state index is 10.1. The average Bonchev–Trinajstić information content (AvgIpc) is 2.15. The van der Waals surface area contributed by atoms with Crippen molar-refractivity contribution in [2.24, 2.45) is 0 Å². The van der Waals surface area contributed by atoms with Crippen molar-refractivity contribution in [1.29, 1.82) is 0 Å². The van der Waals surface area contributed by atoms with Crippen LogP contribution in [-0.2, 0) is 0 Å². The van der Waals surface area contributed by atoms with Crippen molar-refractivity contribution in [3.05, 3.63) is 6.20 Å². The summed E-state index contributed by atoms with van der Waals surface area (Å²) in [5, 5.41) is 7.90. The molecule has 0 unspecified atom stereocenters. The molecular formula is C3H2ClN3O2. The van der Waals surface area contributed by atoms with Crippen molar-refractivity contribution < 1.29 is 9.42 Å². The van der Waals surface area contributed by atoms with Gasteiger partial charge in [0.05, 0.1) is 0 Å². The third-order valence-electron chi connectivity index (χ3n) is 0.588. The highest BCUT2D eigenvalue weighted by atomic mass is 35.5. The number of hydrogen-bond donors (Lipinski definition) is 1. The van der Waals surface area contributed by atoms with E-state index in [1.54, 1.807) is 0 Å². The fourth-order valence-electron chi connectivity index (χ4n) is 0.320. The van der Waals surface area contributed by atoms with E-state index in [-0.39, 0.29) is 5.82 Å². The highest BCUT2D eigenvalue weighted by Crippen LogP contribution is 1.98. The molecule has 0 fully saturated rings. The zero-order chi connectivity index (χ0) is 6.69. The molecule has 0 bridgehead atoms. The van der Waals surface area contributed by atoms with Crippen LogP contribution in [0.2, 0.25) is 0 Å². The van der Waals surface area contributed by atoms with Gasteiger partial charge >= 0.3 is 5.37 Å². The summed E-state index contributed by atoms with van der Waals surface area (Å²) in [5.41, 5.74) is 0. The van der Waals surface area contributed by atoms with Crippen molar-refractivity contribution in [3.8, 4) is 0 Å². The summed E-state index contributed by atoms with van der Waals surface area (Å²) in [5.74, 6) is 0.204. The monoisotopic (exact) mass is 147 g/mol. The Morgan fingerprint density at radius 1 is 1.89 bits per heavy atom. The van der Waals surface area contributed by atoms with Crippen molar-refractivity contribution in [2.45, 2.75) is 0 Å². The fourth-order valence-corrected chi connectivity index (χ4v) is 0.417. The number of nitrogens with zero attached hydrogens (tertiary/aromatic N) is 2. The largest absolute Gasteiger partial charge is 0.319 e. The van der Waals surface area contributed by atoms with E-state index in [1.165, 1.54) is 6.20 Å². The minimum absolute atomic E-state index is 0.204. The molecule has 1 amide bonds. The molecule has 1 N–H and O–H groups in total. The van der Waals surface area contributed by atoms with E-state index in [1.807, 2.05) is 0 Å².